The summed E-state index contributed by atoms with van der Waals surface area (Å²) >= 11 is 5.13. The Morgan fingerprint density at radius 3 is 2.74 bits per heavy atom. The number of H-pyrrole nitrogens is 1. The van der Waals surface area contributed by atoms with Crippen molar-refractivity contribution in [3.63, 3.8) is 0 Å². The number of aromatic nitrogens is 2. The summed E-state index contributed by atoms with van der Waals surface area (Å²) in [6.07, 6.45) is 3.62. The molecule has 0 radical (unpaired) electrons. The number of nitrogens with zero attached hydrogens (tertiary/aromatic N) is 1. The van der Waals surface area contributed by atoms with Crippen LogP contribution < -0.4 is 0 Å². The Balaban J connectivity index is 2.18. The molecular formula is C14H12N2O2S. The van der Waals surface area contributed by atoms with Crippen LogP contribution in [-0.2, 0) is 9.53 Å². The summed E-state index contributed by atoms with van der Waals surface area (Å²) in [6.45, 7) is 2.08. The third-order valence-corrected chi connectivity index (χ3v) is 2.69. The molecule has 0 amide bonds. The predicted molar refractivity (Wildman–Crippen MR) is 74.5 cm³/mol. The number of carbonyl (C=O) groups is 1. The molecule has 2 rings (SSSR count). The largest absolute Gasteiger partial charge is 0.456 e. The fourth-order valence-corrected chi connectivity index (χ4v) is 1.75. The van der Waals surface area contributed by atoms with Crippen LogP contribution in [0.5, 0.6) is 0 Å². The van der Waals surface area contributed by atoms with E-state index >= 15 is 0 Å². The van der Waals surface area contributed by atoms with Crippen LogP contribution in [0.15, 0.2) is 36.7 Å². The van der Waals surface area contributed by atoms with Gasteiger partial charge in [-0.15, -0.1) is 0 Å². The number of nitrogens with one attached hydrogen (secondary N) is 1. The van der Waals surface area contributed by atoms with Gasteiger partial charge in [0.15, 0.2) is 4.77 Å². The Kier molecular flexibility index (Phi) is 4.16. The van der Waals surface area contributed by atoms with Gasteiger partial charge >= 0.3 is 5.97 Å². The topological polar surface area (TPSA) is 47.0 Å². The first-order chi connectivity index (χ1) is 9.20. The van der Waals surface area contributed by atoms with Crippen LogP contribution in [0.2, 0.25) is 0 Å². The van der Waals surface area contributed by atoms with E-state index in [0.717, 1.165) is 11.3 Å². The van der Waals surface area contributed by atoms with E-state index < -0.39 is 5.97 Å². The Morgan fingerprint density at radius 1 is 1.42 bits per heavy atom. The molecule has 0 fully saturated rings. The van der Waals surface area contributed by atoms with Crippen LogP contribution in [0.4, 0.5) is 0 Å². The smallest absolute Gasteiger partial charge is 0.384 e. The monoisotopic (exact) mass is 272 g/mol. The summed E-state index contributed by atoms with van der Waals surface area (Å²) in [7, 11) is 0. The summed E-state index contributed by atoms with van der Waals surface area (Å²) < 4.78 is 7.20. The molecule has 1 heterocycles. The maximum absolute atomic E-state index is 11.1. The average molecular weight is 272 g/mol. The highest BCUT2D eigenvalue weighted by molar-refractivity contribution is 7.71. The van der Waals surface area contributed by atoms with Crippen molar-refractivity contribution in [3.05, 3.63) is 47.0 Å². The van der Waals surface area contributed by atoms with Gasteiger partial charge in [-0.1, -0.05) is 5.92 Å². The Morgan fingerprint density at radius 2 is 2.16 bits per heavy atom. The number of aromatic amines is 1. The summed E-state index contributed by atoms with van der Waals surface area (Å²) in [4.78, 5) is 14.0. The lowest BCUT2D eigenvalue weighted by molar-refractivity contribution is -0.136. The lowest BCUT2D eigenvalue weighted by atomic mass is 10.2. The highest BCUT2D eigenvalue weighted by atomic mass is 32.1. The zero-order chi connectivity index (χ0) is 13.7. The van der Waals surface area contributed by atoms with E-state index in [2.05, 4.69) is 16.8 Å². The molecule has 4 nitrogen and oxygen atoms in total. The number of rotatable bonds is 2. The first kappa shape index (κ1) is 13.1. The van der Waals surface area contributed by atoms with Crippen molar-refractivity contribution in [1.29, 1.82) is 0 Å². The van der Waals surface area contributed by atoms with Gasteiger partial charge < -0.3 is 9.72 Å². The standard InChI is InChI=1S/C14H12N2O2S/c1-2-18-13(17)8-5-11-3-6-12(7-4-11)16-10-9-15-14(16)19/h3-4,6-7,9-10H,2H2,1H3,(H,15,19). The Bertz CT molecular complexity index is 686. The van der Waals surface area contributed by atoms with Crippen molar-refractivity contribution in [1.82, 2.24) is 9.55 Å². The molecule has 5 heteroatoms. The van der Waals surface area contributed by atoms with Gasteiger partial charge in [0, 0.05) is 29.6 Å². The number of ether oxygens (including phenoxy) is 1. The molecule has 0 aliphatic heterocycles. The zero-order valence-electron chi connectivity index (χ0n) is 10.3. The van der Waals surface area contributed by atoms with Gasteiger partial charge in [0.1, 0.15) is 0 Å². The van der Waals surface area contributed by atoms with Crippen LogP contribution >= 0.6 is 12.2 Å². The van der Waals surface area contributed by atoms with Crippen molar-refractivity contribution in [2.24, 2.45) is 0 Å². The van der Waals surface area contributed by atoms with Crippen LogP contribution in [0.1, 0.15) is 12.5 Å². The summed E-state index contributed by atoms with van der Waals surface area (Å²) in [6, 6.07) is 7.43. The Hall–Kier alpha value is -2.32. The molecule has 1 aromatic carbocycles. The molecule has 1 N–H and O–H groups in total. The highest BCUT2D eigenvalue weighted by Crippen LogP contribution is 2.09. The summed E-state index contributed by atoms with van der Waals surface area (Å²) in [5.41, 5.74) is 1.69. The van der Waals surface area contributed by atoms with Crippen molar-refractivity contribution < 1.29 is 9.53 Å². The third kappa shape index (κ3) is 3.33. The summed E-state index contributed by atoms with van der Waals surface area (Å²) in [5, 5.41) is 0. The van der Waals surface area contributed by atoms with Gasteiger partial charge in [-0.05, 0) is 43.4 Å². The second-order valence-electron chi connectivity index (χ2n) is 3.65. The first-order valence-electron chi connectivity index (χ1n) is 5.76. The van der Waals surface area contributed by atoms with E-state index in [1.807, 2.05) is 35.0 Å². The molecule has 0 bridgehead atoms. The molecule has 2 aromatic rings. The number of hydrogen-bond donors (Lipinski definition) is 1. The van der Waals surface area contributed by atoms with Crippen molar-refractivity contribution in [2.75, 3.05) is 6.61 Å². The number of hydrogen-bond acceptors (Lipinski definition) is 3. The van der Waals surface area contributed by atoms with Gasteiger partial charge in [0.2, 0.25) is 0 Å². The first-order valence-corrected chi connectivity index (χ1v) is 6.17. The fourth-order valence-electron chi connectivity index (χ4n) is 1.52. The van der Waals surface area contributed by atoms with Crippen LogP contribution in [0.25, 0.3) is 5.69 Å². The van der Waals surface area contributed by atoms with Gasteiger partial charge in [-0.3, -0.25) is 4.57 Å². The molecule has 0 saturated heterocycles. The summed E-state index contributed by atoms with van der Waals surface area (Å²) in [5.74, 6) is 4.66. The minimum absolute atomic E-state index is 0.332. The van der Waals surface area contributed by atoms with Crippen molar-refractivity contribution in [2.45, 2.75) is 6.92 Å². The zero-order valence-corrected chi connectivity index (χ0v) is 11.2. The van der Waals surface area contributed by atoms with Crippen molar-refractivity contribution in [3.8, 4) is 17.5 Å². The van der Waals surface area contributed by atoms with E-state index in [1.165, 1.54) is 0 Å². The van der Waals surface area contributed by atoms with E-state index in [4.69, 9.17) is 17.0 Å². The van der Waals surface area contributed by atoms with Gasteiger partial charge in [0.25, 0.3) is 0 Å². The van der Waals surface area contributed by atoms with Gasteiger partial charge in [-0.2, -0.15) is 0 Å². The highest BCUT2D eigenvalue weighted by Gasteiger charge is 1.97. The second kappa shape index (κ2) is 6.03. The molecular weight excluding hydrogens is 260 g/mol. The SMILES string of the molecule is CCOC(=O)C#Cc1ccc(-n2cc[nH]c2=S)cc1. The molecule has 1 aromatic heterocycles. The van der Waals surface area contributed by atoms with Gasteiger partial charge in [0.05, 0.1) is 6.61 Å². The number of benzene rings is 1. The lowest BCUT2D eigenvalue weighted by Gasteiger charge is -2.01. The van der Waals surface area contributed by atoms with E-state index in [1.54, 1.807) is 13.1 Å². The number of esters is 1. The maximum Gasteiger partial charge on any atom is 0.384 e. The van der Waals surface area contributed by atoms with E-state index in [-0.39, 0.29) is 0 Å². The lowest BCUT2D eigenvalue weighted by Crippen LogP contribution is -1.99. The number of imidazole rings is 1. The minimum Gasteiger partial charge on any atom is -0.456 e. The predicted octanol–water partition coefficient (Wildman–Crippen LogP) is 2.45. The van der Waals surface area contributed by atoms with Gasteiger partial charge in [-0.25, -0.2) is 4.79 Å². The average Bonchev–Trinajstić information content (AvgIpc) is 2.84. The Labute approximate surface area is 116 Å². The van der Waals surface area contributed by atoms with Crippen LogP contribution in [0.3, 0.4) is 0 Å². The molecule has 0 aliphatic rings. The van der Waals surface area contributed by atoms with Crippen molar-refractivity contribution >= 4 is 18.2 Å². The van der Waals surface area contributed by atoms with E-state index in [0.29, 0.717) is 11.4 Å². The minimum atomic E-state index is -0.514. The van der Waals surface area contributed by atoms with Crippen LogP contribution in [-0.4, -0.2) is 22.1 Å². The number of carbonyl (C=O) groups excluding carboxylic acids is 1. The third-order valence-electron chi connectivity index (χ3n) is 2.38. The molecule has 19 heavy (non-hydrogen) atoms. The molecule has 0 atom stereocenters. The molecule has 0 spiro atoms. The van der Waals surface area contributed by atoms with Crippen LogP contribution in [0, 0.1) is 16.6 Å². The molecule has 96 valence electrons. The second-order valence-corrected chi connectivity index (χ2v) is 4.04. The molecule has 0 aliphatic carbocycles. The maximum atomic E-state index is 11.1. The molecule has 0 saturated carbocycles. The fraction of sp³-hybridized carbons (Fsp3) is 0.143. The quantitative estimate of drug-likeness (QED) is 0.519. The van der Waals surface area contributed by atoms with E-state index in [9.17, 15) is 4.79 Å². The normalized spacial score (nSPS) is 9.53. The molecule has 0 unspecified atom stereocenters.